The molecule has 0 saturated carbocycles. The summed E-state index contributed by atoms with van der Waals surface area (Å²) >= 11 is 0. The Balaban J connectivity index is 1.63. The third-order valence-corrected chi connectivity index (χ3v) is 6.56. The van der Waals surface area contributed by atoms with Gasteiger partial charge >= 0.3 is 0 Å². The molecule has 1 unspecified atom stereocenters. The molecule has 3 N–H and O–H groups in total. The zero-order valence-electron chi connectivity index (χ0n) is 19.5. The summed E-state index contributed by atoms with van der Waals surface area (Å²) in [6.45, 7) is 7.07. The van der Waals surface area contributed by atoms with Gasteiger partial charge in [0.2, 0.25) is 5.91 Å². The van der Waals surface area contributed by atoms with Crippen LogP contribution in [0.2, 0.25) is 0 Å². The van der Waals surface area contributed by atoms with Crippen LogP contribution < -0.4 is 20.7 Å². The van der Waals surface area contributed by atoms with Crippen molar-refractivity contribution in [3.63, 3.8) is 0 Å². The fourth-order valence-electron chi connectivity index (χ4n) is 4.68. The third-order valence-electron chi connectivity index (χ3n) is 6.56. The zero-order chi connectivity index (χ0) is 23.3. The summed E-state index contributed by atoms with van der Waals surface area (Å²) in [5.41, 5.74) is 0.677. The van der Waals surface area contributed by atoms with Crippen LogP contribution in [0.5, 0.6) is 5.75 Å². The number of hydrogen-bond acceptors (Lipinski definition) is 6. The van der Waals surface area contributed by atoms with Crippen molar-refractivity contribution in [2.45, 2.75) is 58.7 Å². The molecule has 3 heterocycles. The molecular weight excluding hydrogens is 420 g/mol. The van der Waals surface area contributed by atoms with E-state index in [9.17, 15) is 9.59 Å². The van der Waals surface area contributed by atoms with Gasteiger partial charge in [-0.15, -0.1) is 5.10 Å². The van der Waals surface area contributed by atoms with Gasteiger partial charge in [0, 0.05) is 19.1 Å². The summed E-state index contributed by atoms with van der Waals surface area (Å²) in [5.74, 6) is 0.724. The van der Waals surface area contributed by atoms with E-state index < -0.39 is 5.41 Å². The molecule has 1 saturated heterocycles. The van der Waals surface area contributed by atoms with Crippen molar-refractivity contribution < 1.29 is 14.3 Å². The molecule has 9 heteroatoms. The van der Waals surface area contributed by atoms with E-state index in [-0.39, 0.29) is 24.5 Å². The molecule has 2 aliphatic heterocycles. The molecule has 9 nitrogen and oxygen atoms in total. The zero-order valence-corrected chi connectivity index (χ0v) is 19.5. The first-order valence-corrected chi connectivity index (χ1v) is 11.9. The van der Waals surface area contributed by atoms with Gasteiger partial charge in [-0.3, -0.25) is 14.3 Å². The molecule has 2 aromatic rings. The van der Waals surface area contributed by atoms with Crippen molar-refractivity contribution in [3.05, 3.63) is 41.7 Å². The number of ether oxygens (including phenoxy) is 1. The highest BCUT2D eigenvalue weighted by Gasteiger charge is 2.40. The minimum Gasteiger partial charge on any atom is -0.486 e. The van der Waals surface area contributed by atoms with Gasteiger partial charge in [-0.05, 0) is 56.8 Å². The second-order valence-electron chi connectivity index (χ2n) is 9.55. The summed E-state index contributed by atoms with van der Waals surface area (Å²) in [5, 5.41) is 18.1. The van der Waals surface area contributed by atoms with E-state index in [0.29, 0.717) is 42.4 Å². The van der Waals surface area contributed by atoms with Crippen LogP contribution in [-0.4, -0.2) is 52.5 Å². The number of para-hydroxylation sites is 1. The maximum absolute atomic E-state index is 13.6. The lowest BCUT2D eigenvalue weighted by atomic mass is 9.75. The van der Waals surface area contributed by atoms with Crippen LogP contribution in [0, 0.1) is 11.3 Å². The van der Waals surface area contributed by atoms with Crippen molar-refractivity contribution in [1.29, 1.82) is 0 Å². The monoisotopic (exact) mass is 454 g/mol. The molecule has 178 valence electrons. The highest BCUT2D eigenvalue weighted by Crippen LogP contribution is 2.34. The van der Waals surface area contributed by atoms with Gasteiger partial charge in [0.15, 0.2) is 0 Å². The molecule has 2 aliphatic rings. The average Bonchev–Trinajstić information content (AvgIpc) is 3.27. The van der Waals surface area contributed by atoms with E-state index in [1.807, 2.05) is 18.3 Å². The van der Waals surface area contributed by atoms with Gasteiger partial charge in [-0.2, -0.15) is 0 Å². The highest BCUT2D eigenvalue weighted by atomic mass is 16.5. The number of carbonyl (C=O) groups is 2. The molecule has 1 aromatic carbocycles. The lowest BCUT2D eigenvalue weighted by Gasteiger charge is -2.37. The number of nitrogens with one attached hydrogen (secondary N) is 3. The average molecular weight is 455 g/mol. The standard InChI is InChI=1S/C24H34N6O3/c1-17(2)13-18-14-26-22(31)20-5-3-4-6-21(20)33-16-19-15-30(29-28-19)12-9-24(23(32)27-18)7-10-25-11-8-24/h3-6,15,17-18,25H,7-14,16H2,1-2H3,(H,26,31)(H,27,32). The molecule has 1 spiro atoms. The van der Waals surface area contributed by atoms with Gasteiger partial charge in [-0.25, -0.2) is 0 Å². The van der Waals surface area contributed by atoms with E-state index in [0.717, 1.165) is 32.4 Å². The van der Waals surface area contributed by atoms with Gasteiger partial charge in [0.05, 0.1) is 17.2 Å². The number of fused-ring (bicyclic) bond motifs is 3. The van der Waals surface area contributed by atoms with E-state index >= 15 is 0 Å². The Morgan fingerprint density at radius 3 is 2.76 bits per heavy atom. The number of aryl methyl sites for hydroxylation is 1. The van der Waals surface area contributed by atoms with Crippen LogP contribution in [0.3, 0.4) is 0 Å². The number of amides is 2. The smallest absolute Gasteiger partial charge is 0.255 e. The molecule has 33 heavy (non-hydrogen) atoms. The van der Waals surface area contributed by atoms with Crippen molar-refractivity contribution in [3.8, 4) is 5.75 Å². The molecule has 1 aromatic heterocycles. The second-order valence-corrected chi connectivity index (χ2v) is 9.55. The van der Waals surface area contributed by atoms with Crippen molar-refractivity contribution >= 4 is 11.8 Å². The van der Waals surface area contributed by atoms with Gasteiger partial charge in [0.25, 0.3) is 5.91 Å². The number of nitrogens with zero attached hydrogens (tertiary/aromatic N) is 3. The number of piperidine rings is 1. The van der Waals surface area contributed by atoms with E-state index in [1.54, 1.807) is 16.8 Å². The van der Waals surface area contributed by atoms with Crippen LogP contribution in [0.1, 0.15) is 55.6 Å². The van der Waals surface area contributed by atoms with Crippen LogP contribution in [0.4, 0.5) is 0 Å². The summed E-state index contributed by atoms with van der Waals surface area (Å²) in [6.07, 6.45) is 4.87. The minimum atomic E-state index is -0.462. The summed E-state index contributed by atoms with van der Waals surface area (Å²) < 4.78 is 7.70. The first-order valence-electron chi connectivity index (χ1n) is 11.9. The Morgan fingerprint density at radius 1 is 1.18 bits per heavy atom. The van der Waals surface area contributed by atoms with E-state index in [2.05, 4.69) is 40.1 Å². The summed E-state index contributed by atoms with van der Waals surface area (Å²) in [7, 11) is 0. The lowest BCUT2D eigenvalue weighted by molar-refractivity contribution is -0.134. The predicted molar refractivity (Wildman–Crippen MR) is 124 cm³/mol. The molecule has 0 radical (unpaired) electrons. The first-order chi connectivity index (χ1) is 15.9. The number of carbonyl (C=O) groups excluding carboxylic acids is 2. The van der Waals surface area contributed by atoms with Crippen molar-refractivity contribution in [2.75, 3.05) is 19.6 Å². The number of hydrogen-bond donors (Lipinski definition) is 3. The Kier molecular flexibility index (Phi) is 7.27. The van der Waals surface area contributed by atoms with Gasteiger partial charge in [-0.1, -0.05) is 31.2 Å². The van der Waals surface area contributed by atoms with Gasteiger partial charge < -0.3 is 20.7 Å². The highest BCUT2D eigenvalue weighted by molar-refractivity contribution is 5.97. The van der Waals surface area contributed by atoms with Gasteiger partial charge in [0.1, 0.15) is 18.1 Å². The molecule has 2 amide bonds. The number of benzene rings is 1. The Bertz CT molecular complexity index is 967. The van der Waals surface area contributed by atoms with E-state index in [4.69, 9.17) is 4.74 Å². The fraction of sp³-hybridized carbons (Fsp3) is 0.583. The minimum absolute atomic E-state index is 0.0695. The predicted octanol–water partition coefficient (Wildman–Crippen LogP) is 1.89. The first kappa shape index (κ1) is 23.2. The van der Waals surface area contributed by atoms with Crippen molar-refractivity contribution in [1.82, 2.24) is 30.9 Å². The quantitative estimate of drug-likeness (QED) is 0.639. The van der Waals surface area contributed by atoms with E-state index in [1.165, 1.54) is 0 Å². The molecular formula is C24H34N6O3. The topological polar surface area (TPSA) is 110 Å². The Hall–Kier alpha value is -2.94. The maximum atomic E-state index is 13.6. The normalized spacial score (nSPS) is 21.7. The SMILES string of the molecule is CC(C)CC1CNC(=O)c2ccccc2OCc2cn(nn2)CCC2(CCNCC2)C(=O)N1. The molecule has 2 bridgehead atoms. The molecule has 1 atom stereocenters. The summed E-state index contributed by atoms with van der Waals surface area (Å²) in [6, 6.07) is 7.01. The van der Waals surface area contributed by atoms with Crippen LogP contribution >= 0.6 is 0 Å². The Morgan fingerprint density at radius 2 is 1.97 bits per heavy atom. The number of aromatic nitrogens is 3. The maximum Gasteiger partial charge on any atom is 0.255 e. The Labute approximate surface area is 194 Å². The van der Waals surface area contributed by atoms with Crippen molar-refractivity contribution in [2.24, 2.45) is 11.3 Å². The lowest BCUT2D eigenvalue weighted by Crippen LogP contribution is -2.53. The summed E-state index contributed by atoms with van der Waals surface area (Å²) in [4.78, 5) is 26.6. The van der Waals surface area contributed by atoms with Crippen LogP contribution in [0.25, 0.3) is 0 Å². The second kappa shape index (κ2) is 10.3. The molecule has 4 rings (SSSR count). The molecule has 1 fully saturated rings. The van der Waals surface area contributed by atoms with Crippen LogP contribution in [-0.2, 0) is 17.9 Å². The number of rotatable bonds is 2. The third kappa shape index (κ3) is 5.71. The fourth-order valence-corrected chi connectivity index (χ4v) is 4.68. The molecule has 0 aliphatic carbocycles. The largest absolute Gasteiger partial charge is 0.486 e. The van der Waals surface area contributed by atoms with Crippen LogP contribution in [0.15, 0.2) is 30.5 Å².